The van der Waals surface area contributed by atoms with Crippen LogP contribution in [0.3, 0.4) is 0 Å². The lowest BCUT2D eigenvalue weighted by atomic mass is 10.0. The van der Waals surface area contributed by atoms with Gasteiger partial charge < -0.3 is 10.3 Å². The Kier molecular flexibility index (Phi) is 3.91. The van der Waals surface area contributed by atoms with Gasteiger partial charge in [-0.3, -0.25) is 0 Å². The first-order chi connectivity index (χ1) is 9.70. The summed E-state index contributed by atoms with van der Waals surface area (Å²) in [4.78, 5) is 13.4. The lowest BCUT2D eigenvalue weighted by Gasteiger charge is -2.14. The summed E-state index contributed by atoms with van der Waals surface area (Å²) in [5.74, 6) is 1.81. The number of rotatable bonds is 3. The molecular weight excluding hydrogens is 365 g/mol. The van der Waals surface area contributed by atoms with Gasteiger partial charge in [0, 0.05) is 12.5 Å². The maximum Gasteiger partial charge on any atom is 0.180 e. The van der Waals surface area contributed by atoms with E-state index in [1.807, 2.05) is 17.1 Å². The lowest BCUT2D eigenvalue weighted by Crippen LogP contribution is -2.09. The van der Waals surface area contributed by atoms with Gasteiger partial charge in [-0.15, -0.1) is 0 Å². The first-order valence-corrected chi connectivity index (χ1v) is 8.12. The van der Waals surface area contributed by atoms with Gasteiger partial charge in [-0.05, 0) is 42.4 Å². The number of halogens is 1. The number of hydrogen-bond donors (Lipinski definition) is 1. The Labute approximate surface area is 132 Å². The fourth-order valence-corrected chi connectivity index (χ4v) is 3.51. The summed E-state index contributed by atoms with van der Waals surface area (Å²) in [6.07, 6.45) is 8.60. The SMILES string of the molecule is CCn1cncc1-c1nc(N)c(I)c(C2CCCC2)n1. The zero-order valence-electron chi connectivity index (χ0n) is 11.5. The summed E-state index contributed by atoms with van der Waals surface area (Å²) >= 11 is 2.27. The quantitative estimate of drug-likeness (QED) is 0.827. The van der Waals surface area contributed by atoms with E-state index < -0.39 is 0 Å². The highest BCUT2D eigenvalue weighted by Crippen LogP contribution is 2.37. The van der Waals surface area contributed by atoms with Crippen LogP contribution in [0.4, 0.5) is 5.82 Å². The summed E-state index contributed by atoms with van der Waals surface area (Å²) in [6, 6.07) is 0. The van der Waals surface area contributed by atoms with E-state index in [2.05, 4.69) is 39.5 Å². The summed E-state index contributed by atoms with van der Waals surface area (Å²) < 4.78 is 3.06. The maximum absolute atomic E-state index is 6.10. The maximum atomic E-state index is 6.10. The van der Waals surface area contributed by atoms with Crippen LogP contribution in [0.2, 0.25) is 0 Å². The van der Waals surface area contributed by atoms with Crippen molar-refractivity contribution in [2.75, 3.05) is 5.73 Å². The zero-order valence-corrected chi connectivity index (χ0v) is 13.7. The Morgan fingerprint density at radius 1 is 1.35 bits per heavy atom. The van der Waals surface area contributed by atoms with E-state index in [4.69, 9.17) is 10.7 Å². The van der Waals surface area contributed by atoms with E-state index in [1.54, 1.807) is 0 Å². The van der Waals surface area contributed by atoms with Crippen LogP contribution in [0.25, 0.3) is 11.5 Å². The van der Waals surface area contributed by atoms with Crippen molar-refractivity contribution in [3.63, 3.8) is 0 Å². The lowest BCUT2D eigenvalue weighted by molar-refractivity contribution is 0.688. The Morgan fingerprint density at radius 3 is 2.80 bits per heavy atom. The first kappa shape index (κ1) is 13.8. The van der Waals surface area contributed by atoms with Gasteiger partial charge in [-0.25, -0.2) is 15.0 Å². The molecule has 2 aromatic heterocycles. The average Bonchev–Trinajstić information content (AvgIpc) is 3.11. The average molecular weight is 383 g/mol. The molecular formula is C14H18IN5. The van der Waals surface area contributed by atoms with Crippen LogP contribution < -0.4 is 5.73 Å². The minimum Gasteiger partial charge on any atom is -0.383 e. The van der Waals surface area contributed by atoms with Crippen molar-refractivity contribution in [3.05, 3.63) is 21.8 Å². The van der Waals surface area contributed by atoms with Crippen LogP contribution >= 0.6 is 22.6 Å². The van der Waals surface area contributed by atoms with Crippen LogP contribution in [0.15, 0.2) is 12.5 Å². The molecule has 2 aromatic rings. The number of aryl methyl sites for hydroxylation is 1. The molecule has 1 aliphatic carbocycles. The van der Waals surface area contributed by atoms with Crippen LogP contribution in [0.1, 0.15) is 44.2 Å². The third-order valence-corrected chi connectivity index (χ3v) is 5.03. The molecule has 0 atom stereocenters. The van der Waals surface area contributed by atoms with Crippen LogP contribution in [-0.4, -0.2) is 19.5 Å². The molecule has 0 amide bonds. The van der Waals surface area contributed by atoms with Crippen LogP contribution in [0.5, 0.6) is 0 Å². The predicted molar refractivity (Wildman–Crippen MR) is 87.3 cm³/mol. The predicted octanol–water partition coefficient (Wildman–Crippen LogP) is 3.20. The molecule has 2 heterocycles. The summed E-state index contributed by atoms with van der Waals surface area (Å²) in [7, 11) is 0. The summed E-state index contributed by atoms with van der Waals surface area (Å²) in [5.41, 5.74) is 8.16. The third kappa shape index (κ3) is 2.41. The van der Waals surface area contributed by atoms with Crippen molar-refractivity contribution in [3.8, 4) is 11.5 Å². The number of hydrogen-bond acceptors (Lipinski definition) is 4. The molecule has 1 aliphatic rings. The molecule has 0 aliphatic heterocycles. The smallest absolute Gasteiger partial charge is 0.180 e. The molecule has 20 heavy (non-hydrogen) atoms. The Morgan fingerprint density at radius 2 is 2.10 bits per heavy atom. The van der Waals surface area contributed by atoms with Gasteiger partial charge in [0.15, 0.2) is 5.82 Å². The molecule has 0 radical (unpaired) electrons. The largest absolute Gasteiger partial charge is 0.383 e. The highest BCUT2D eigenvalue weighted by molar-refractivity contribution is 14.1. The zero-order chi connectivity index (χ0) is 14.1. The molecule has 0 saturated heterocycles. The van der Waals surface area contributed by atoms with Crippen LogP contribution in [-0.2, 0) is 6.54 Å². The van der Waals surface area contributed by atoms with Gasteiger partial charge in [-0.2, -0.15) is 0 Å². The van der Waals surface area contributed by atoms with E-state index in [-0.39, 0.29) is 0 Å². The van der Waals surface area contributed by atoms with Gasteiger partial charge in [0.25, 0.3) is 0 Å². The second kappa shape index (κ2) is 5.67. The second-order valence-corrected chi connectivity index (χ2v) is 6.26. The molecule has 6 heteroatoms. The third-order valence-electron chi connectivity index (χ3n) is 3.93. The fourth-order valence-electron chi connectivity index (χ4n) is 2.83. The van der Waals surface area contributed by atoms with Gasteiger partial charge >= 0.3 is 0 Å². The number of anilines is 1. The molecule has 2 N–H and O–H groups in total. The van der Waals surface area contributed by atoms with Crippen molar-refractivity contribution < 1.29 is 0 Å². The van der Waals surface area contributed by atoms with E-state index >= 15 is 0 Å². The first-order valence-electron chi connectivity index (χ1n) is 7.04. The molecule has 0 bridgehead atoms. The van der Waals surface area contributed by atoms with Crippen molar-refractivity contribution in [2.45, 2.75) is 45.1 Å². The summed E-state index contributed by atoms with van der Waals surface area (Å²) in [6.45, 7) is 2.93. The van der Waals surface area contributed by atoms with E-state index in [9.17, 15) is 0 Å². The molecule has 1 saturated carbocycles. The fraction of sp³-hybridized carbons (Fsp3) is 0.500. The van der Waals surface area contributed by atoms with E-state index in [1.165, 1.54) is 25.7 Å². The standard InChI is InChI=1S/C14H18IN5/c1-2-20-8-17-7-10(20)14-18-12(9-5-3-4-6-9)11(15)13(16)19-14/h7-9H,2-6H2,1H3,(H2,16,18,19). The Balaban J connectivity index is 2.08. The molecule has 0 spiro atoms. The van der Waals surface area contributed by atoms with Gasteiger partial charge in [-0.1, -0.05) is 12.8 Å². The number of nitrogen functional groups attached to an aromatic ring is 1. The monoisotopic (exact) mass is 383 g/mol. The molecule has 0 aromatic carbocycles. The summed E-state index contributed by atoms with van der Waals surface area (Å²) in [5, 5.41) is 0. The van der Waals surface area contributed by atoms with Gasteiger partial charge in [0.1, 0.15) is 11.5 Å². The van der Waals surface area contributed by atoms with Gasteiger partial charge in [0.2, 0.25) is 0 Å². The molecule has 1 fully saturated rings. The van der Waals surface area contributed by atoms with Crippen molar-refractivity contribution in [1.29, 1.82) is 0 Å². The highest BCUT2D eigenvalue weighted by atomic mass is 127. The molecule has 5 nitrogen and oxygen atoms in total. The molecule has 0 unspecified atom stereocenters. The molecule has 106 valence electrons. The van der Waals surface area contributed by atoms with Gasteiger partial charge in [0.05, 0.1) is 21.8 Å². The number of nitrogens with two attached hydrogens (primary N) is 1. The Bertz CT molecular complexity index is 616. The number of imidazole rings is 1. The second-order valence-electron chi connectivity index (χ2n) is 5.18. The minimum absolute atomic E-state index is 0.531. The van der Waals surface area contributed by atoms with E-state index in [0.29, 0.717) is 17.6 Å². The van der Waals surface area contributed by atoms with Crippen molar-refractivity contribution in [1.82, 2.24) is 19.5 Å². The highest BCUT2D eigenvalue weighted by Gasteiger charge is 2.24. The number of nitrogens with zero attached hydrogens (tertiary/aromatic N) is 4. The topological polar surface area (TPSA) is 69.6 Å². The van der Waals surface area contributed by atoms with Crippen LogP contribution in [0, 0.1) is 3.57 Å². The van der Waals surface area contributed by atoms with Crippen molar-refractivity contribution in [2.24, 2.45) is 0 Å². The van der Waals surface area contributed by atoms with Crippen molar-refractivity contribution >= 4 is 28.4 Å². The Hall–Kier alpha value is -1.18. The molecule has 3 rings (SSSR count). The van der Waals surface area contributed by atoms with E-state index in [0.717, 1.165) is 21.5 Å². The number of aromatic nitrogens is 4. The normalized spacial score (nSPS) is 15.9. The minimum atomic E-state index is 0.531.